The number of halogens is 4. The third kappa shape index (κ3) is 8.81. The van der Waals surface area contributed by atoms with Crippen LogP contribution in [0.2, 0.25) is 5.02 Å². The maximum atomic E-state index is 13.2. The summed E-state index contributed by atoms with van der Waals surface area (Å²) in [6.45, 7) is 13.7. The number of allylic oxidation sites excluding steroid dienone is 2. The number of amides is 1. The maximum absolute atomic E-state index is 13.2. The lowest BCUT2D eigenvalue weighted by molar-refractivity contribution is -0.0925. The van der Waals surface area contributed by atoms with E-state index in [1.165, 1.54) is 0 Å². The highest BCUT2D eigenvalue weighted by atomic mass is 35.5. The van der Waals surface area contributed by atoms with Gasteiger partial charge in [-0.15, -0.1) is 13.2 Å². The van der Waals surface area contributed by atoms with E-state index in [9.17, 15) is 18.0 Å². The van der Waals surface area contributed by atoms with Crippen molar-refractivity contribution in [2.45, 2.75) is 6.18 Å². The number of alkyl halides is 3. The molecule has 3 rings (SSSR count). The molecule has 1 amide bonds. The van der Waals surface area contributed by atoms with Gasteiger partial charge in [-0.25, -0.2) is 4.99 Å². The number of benzene rings is 2. The number of carbonyl (C=O) groups is 1. The van der Waals surface area contributed by atoms with Crippen LogP contribution in [0.25, 0.3) is 0 Å². The third-order valence-electron chi connectivity index (χ3n) is 6.31. The van der Waals surface area contributed by atoms with Crippen LogP contribution in [0.3, 0.4) is 0 Å². The molecule has 1 aliphatic rings. The minimum absolute atomic E-state index is 0.0208. The number of piperazine rings is 1. The predicted octanol–water partition coefficient (Wildman–Crippen LogP) is 5.30. The Bertz CT molecular complexity index is 1190. The van der Waals surface area contributed by atoms with Gasteiger partial charge in [0, 0.05) is 63.5 Å². The van der Waals surface area contributed by atoms with Gasteiger partial charge in [-0.1, -0.05) is 48.0 Å². The molecular weight excluding hydrogens is 527 g/mol. The van der Waals surface area contributed by atoms with Gasteiger partial charge in [-0.2, -0.15) is 13.2 Å². The number of hydrogen-bond donors (Lipinski definition) is 1. The van der Waals surface area contributed by atoms with Crippen molar-refractivity contribution in [3.63, 3.8) is 0 Å². The summed E-state index contributed by atoms with van der Waals surface area (Å²) in [6, 6.07) is 12.9. The molecule has 0 aliphatic carbocycles. The average Bonchev–Trinajstić information content (AvgIpc) is 2.92. The molecule has 0 radical (unpaired) electrons. The smallest absolute Gasteiger partial charge is 0.395 e. The zero-order valence-corrected chi connectivity index (χ0v) is 22.5. The third-order valence-corrected chi connectivity index (χ3v) is 6.63. The van der Waals surface area contributed by atoms with Crippen LogP contribution in [-0.4, -0.2) is 84.9 Å². The summed E-state index contributed by atoms with van der Waals surface area (Å²) < 4.78 is 39.5. The summed E-state index contributed by atoms with van der Waals surface area (Å²) >= 11 is 6.16. The Morgan fingerprint density at radius 2 is 1.59 bits per heavy atom. The van der Waals surface area contributed by atoms with Crippen molar-refractivity contribution in [2.75, 3.05) is 52.4 Å². The summed E-state index contributed by atoms with van der Waals surface area (Å²) in [5, 5.41) is 0.286. The van der Waals surface area contributed by atoms with Crippen LogP contribution in [0, 0.1) is 0 Å². The Kier molecular flexibility index (Phi) is 10.9. The lowest BCUT2D eigenvalue weighted by Gasteiger charge is -2.35. The minimum Gasteiger partial charge on any atom is -0.395 e. The van der Waals surface area contributed by atoms with Gasteiger partial charge in [-0.3, -0.25) is 14.6 Å². The molecule has 10 heteroatoms. The fraction of sp³-hybridized carbons (Fsp3) is 0.310. The molecule has 0 atom stereocenters. The summed E-state index contributed by atoms with van der Waals surface area (Å²) in [4.78, 5) is 23.8. The monoisotopic (exact) mass is 559 g/mol. The fourth-order valence-electron chi connectivity index (χ4n) is 4.13. The summed E-state index contributed by atoms with van der Waals surface area (Å²) in [5.41, 5.74) is 5.09. The van der Waals surface area contributed by atoms with E-state index in [-0.39, 0.29) is 16.6 Å². The van der Waals surface area contributed by atoms with E-state index < -0.39 is 11.9 Å². The molecule has 0 unspecified atom stereocenters. The zero-order chi connectivity index (χ0) is 28.4. The van der Waals surface area contributed by atoms with E-state index >= 15 is 0 Å². The number of nitrogens with two attached hydrogens (primary N) is 1. The van der Waals surface area contributed by atoms with E-state index in [4.69, 9.17) is 17.3 Å². The van der Waals surface area contributed by atoms with E-state index in [1.54, 1.807) is 53.4 Å². The van der Waals surface area contributed by atoms with Crippen LogP contribution in [0.4, 0.5) is 18.9 Å². The van der Waals surface area contributed by atoms with Crippen LogP contribution >= 0.6 is 11.6 Å². The SMILES string of the molecule is C=CCN(CC=C)CCN1CCN(C(=O)c2ccc(C(/C=C(\N)C(F)(F)F)=Nc3ccccc3Cl)cc2)CC1. The zero-order valence-electron chi connectivity index (χ0n) is 21.7. The molecule has 1 aliphatic heterocycles. The second-order valence-corrected chi connectivity index (χ2v) is 9.50. The summed E-state index contributed by atoms with van der Waals surface area (Å²) in [6.07, 6.45) is -0.198. The average molecular weight is 560 g/mol. The minimum atomic E-state index is -4.71. The van der Waals surface area contributed by atoms with E-state index in [0.29, 0.717) is 29.9 Å². The van der Waals surface area contributed by atoms with Gasteiger partial charge in [0.1, 0.15) is 5.70 Å². The van der Waals surface area contributed by atoms with Crippen LogP contribution in [0.15, 0.2) is 90.6 Å². The number of carbonyl (C=O) groups excluding carboxylic acids is 1. The highest BCUT2D eigenvalue weighted by Crippen LogP contribution is 2.27. The lowest BCUT2D eigenvalue weighted by Crippen LogP contribution is -2.50. The fourth-order valence-corrected chi connectivity index (χ4v) is 4.31. The number of nitrogens with zero attached hydrogens (tertiary/aromatic N) is 4. The molecule has 0 bridgehead atoms. The Labute approximate surface area is 232 Å². The topological polar surface area (TPSA) is 65.2 Å². The summed E-state index contributed by atoms with van der Waals surface area (Å²) in [5.74, 6) is -0.129. The largest absolute Gasteiger partial charge is 0.430 e. The van der Waals surface area contributed by atoms with Crippen LogP contribution in [-0.2, 0) is 0 Å². The highest BCUT2D eigenvalue weighted by Gasteiger charge is 2.32. The number of para-hydroxylation sites is 1. The molecule has 6 nitrogen and oxygen atoms in total. The van der Waals surface area contributed by atoms with Gasteiger partial charge in [0.2, 0.25) is 0 Å². The molecule has 2 aromatic carbocycles. The molecule has 0 aromatic heterocycles. The van der Waals surface area contributed by atoms with Gasteiger partial charge in [0.25, 0.3) is 5.91 Å². The van der Waals surface area contributed by atoms with Crippen LogP contribution in [0.5, 0.6) is 0 Å². The van der Waals surface area contributed by atoms with Gasteiger partial charge in [0.15, 0.2) is 0 Å². The first-order chi connectivity index (χ1) is 18.6. The Hall–Kier alpha value is -3.40. The second-order valence-electron chi connectivity index (χ2n) is 9.09. The standard InChI is InChI=1S/C29H33ClF3N5O/c1-3-13-36(14-4-2)15-16-37-17-19-38(20-18-37)28(39)23-11-9-22(10-12-23)26(21-27(34)29(31,32)33)35-25-8-6-5-7-24(25)30/h3-12,21H,1-2,13-20,34H2/b27-21-,35-26?. The number of hydrogen-bond acceptors (Lipinski definition) is 5. The molecule has 1 fully saturated rings. The van der Waals surface area contributed by atoms with Crippen molar-refractivity contribution >= 4 is 28.9 Å². The normalized spacial score (nSPS) is 15.5. The molecule has 39 heavy (non-hydrogen) atoms. The molecule has 0 saturated carbocycles. The van der Waals surface area contributed by atoms with Crippen LogP contribution < -0.4 is 5.73 Å². The van der Waals surface area contributed by atoms with Gasteiger partial charge >= 0.3 is 6.18 Å². The molecule has 0 spiro atoms. The van der Waals surface area contributed by atoms with Crippen molar-refractivity contribution in [2.24, 2.45) is 10.7 Å². The Balaban J connectivity index is 1.70. The molecular formula is C29H33ClF3N5O. The first kappa shape index (κ1) is 30.1. The highest BCUT2D eigenvalue weighted by molar-refractivity contribution is 6.33. The van der Waals surface area contributed by atoms with Crippen molar-refractivity contribution in [3.8, 4) is 0 Å². The van der Waals surface area contributed by atoms with Crippen molar-refractivity contribution in [3.05, 3.63) is 102 Å². The van der Waals surface area contributed by atoms with E-state index in [1.807, 2.05) is 12.2 Å². The first-order valence-electron chi connectivity index (χ1n) is 12.6. The van der Waals surface area contributed by atoms with Gasteiger partial charge in [-0.05, 0) is 30.3 Å². The van der Waals surface area contributed by atoms with Gasteiger partial charge < -0.3 is 10.6 Å². The first-order valence-corrected chi connectivity index (χ1v) is 12.9. The Morgan fingerprint density at radius 1 is 1.00 bits per heavy atom. The molecule has 2 aromatic rings. The van der Waals surface area contributed by atoms with E-state index in [2.05, 4.69) is 28.0 Å². The van der Waals surface area contributed by atoms with Crippen LogP contribution in [0.1, 0.15) is 15.9 Å². The van der Waals surface area contributed by atoms with Crippen molar-refractivity contribution in [1.82, 2.24) is 14.7 Å². The molecule has 1 heterocycles. The van der Waals surface area contributed by atoms with E-state index in [0.717, 1.165) is 45.3 Å². The molecule has 208 valence electrons. The number of rotatable bonds is 11. The van der Waals surface area contributed by atoms with Crippen molar-refractivity contribution < 1.29 is 18.0 Å². The Morgan fingerprint density at radius 3 is 2.15 bits per heavy atom. The quantitative estimate of drug-likeness (QED) is 0.300. The summed E-state index contributed by atoms with van der Waals surface area (Å²) in [7, 11) is 0. The van der Waals surface area contributed by atoms with Gasteiger partial charge in [0.05, 0.1) is 16.4 Å². The predicted molar refractivity (Wildman–Crippen MR) is 152 cm³/mol. The maximum Gasteiger partial charge on any atom is 0.430 e. The van der Waals surface area contributed by atoms with Crippen molar-refractivity contribution in [1.29, 1.82) is 0 Å². The lowest BCUT2D eigenvalue weighted by atomic mass is 10.0. The molecule has 1 saturated heterocycles. The number of aliphatic imine (C=N–C) groups is 1. The second kappa shape index (κ2) is 14.1. The molecule has 2 N–H and O–H groups in total.